The van der Waals surface area contributed by atoms with Crippen LogP contribution in [0.3, 0.4) is 0 Å². The molecule has 1 aromatic heterocycles. The van der Waals surface area contributed by atoms with Gasteiger partial charge in [0.25, 0.3) is 0 Å². The van der Waals surface area contributed by atoms with Crippen LogP contribution in [0.15, 0.2) is 18.3 Å². The van der Waals surface area contributed by atoms with Crippen LogP contribution in [0.5, 0.6) is 0 Å². The Balaban J connectivity index is 1.89. The van der Waals surface area contributed by atoms with Gasteiger partial charge in [0.15, 0.2) is 0 Å². The fourth-order valence-corrected chi connectivity index (χ4v) is 2.30. The Labute approximate surface area is 120 Å². The number of nitrogens with zero attached hydrogens (tertiary/aromatic N) is 1. The molecule has 0 bridgehead atoms. The SMILES string of the molecule is O=C(O)Cc1ccc(NC(=O)C2CCC(F)(F)CC2)cn1. The molecule has 1 aliphatic carbocycles. The van der Waals surface area contributed by atoms with Crippen LogP contribution in [-0.4, -0.2) is 27.9 Å². The molecule has 0 unspecified atom stereocenters. The van der Waals surface area contributed by atoms with Crippen molar-refractivity contribution in [3.05, 3.63) is 24.0 Å². The van der Waals surface area contributed by atoms with Crippen LogP contribution in [-0.2, 0) is 16.0 Å². The van der Waals surface area contributed by atoms with Gasteiger partial charge in [0.2, 0.25) is 11.8 Å². The first kappa shape index (κ1) is 15.3. The van der Waals surface area contributed by atoms with E-state index in [1.54, 1.807) is 6.07 Å². The van der Waals surface area contributed by atoms with Crippen LogP contribution >= 0.6 is 0 Å². The maximum atomic E-state index is 13.0. The van der Waals surface area contributed by atoms with E-state index in [1.807, 2.05) is 0 Å². The molecule has 1 aliphatic rings. The molecule has 114 valence electrons. The van der Waals surface area contributed by atoms with E-state index in [0.29, 0.717) is 11.4 Å². The quantitative estimate of drug-likeness (QED) is 0.895. The normalized spacial score (nSPS) is 18.2. The minimum absolute atomic E-state index is 0.170. The van der Waals surface area contributed by atoms with Gasteiger partial charge in [-0.3, -0.25) is 14.6 Å². The van der Waals surface area contributed by atoms with Crippen LogP contribution in [0.1, 0.15) is 31.4 Å². The summed E-state index contributed by atoms with van der Waals surface area (Å²) in [5.41, 5.74) is 0.823. The second kappa shape index (κ2) is 6.15. The lowest BCUT2D eigenvalue weighted by atomic mass is 9.86. The van der Waals surface area contributed by atoms with E-state index in [1.165, 1.54) is 12.3 Å². The second-order valence-electron chi connectivity index (χ2n) is 5.23. The van der Waals surface area contributed by atoms with Crippen LogP contribution in [0, 0.1) is 5.92 Å². The van der Waals surface area contributed by atoms with Gasteiger partial charge < -0.3 is 10.4 Å². The molecule has 0 atom stereocenters. The number of amides is 1. The summed E-state index contributed by atoms with van der Waals surface area (Å²) in [6.45, 7) is 0. The van der Waals surface area contributed by atoms with Gasteiger partial charge >= 0.3 is 5.97 Å². The van der Waals surface area contributed by atoms with E-state index in [4.69, 9.17) is 5.11 Å². The monoisotopic (exact) mass is 298 g/mol. The van der Waals surface area contributed by atoms with Crippen molar-refractivity contribution in [3.63, 3.8) is 0 Å². The third-order valence-corrected chi connectivity index (χ3v) is 3.51. The van der Waals surface area contributed by atoms with Crippen LogP contribution in [0.2, 0.25) is 0 Å². The molecule has 2 N–H and O–H groups in total. The molecular formula is C14H16F2N2O3. The molecule has 0 aliphatic heterocycles. The summed E-state index contributed by atoms with van der Waals surface area (Å²) >= 11 is 0. The van der Waals surface area contributed by atoms with Crippen molar-refractivity contribution in [1.82, 2.24) is 4.98 Å². The summed E-state index contributed by atoms with van der Waals surface area (Å²) in [6.07, 6.45) is 0.994. The zero-order valence-electron chi connectivity index (χ0n) is 11.3. The number of carbonyl (C=O) groups excluding carboxylic acids is 1. The number of nitrogens with one attached hydrogen (secondary N) is 1. The van der Waals surface area contributed by atoms with Crippen LogP contribution in [0.25, 0.3) is 0 Å². The van der Waals surface area contributed by atoms with Crippen molar-refractivity contribution in [2.24, 2.45) is 5.92 Å². The highest BCUT2D eigenvalue weighted by molar-refractivity contribution is 5.92. The van der Waals surface area contributed by atoms with Crippen molar-refractivity contribution in [1.29, 1.82) is 0 Å². The summed E-state index contributed by atoms with van der Waals surface area (Å²) in [7, 11) is 0. The topological polar surface area (TPSA) is 79.3 Å². The van der Waals surface area contributed by atoms with Crippen molar-refractivity contribution < 1.29 is 23.5 Å². The van der Waals surface area contributed by atoms with Crippen molar-refractivity contribution in [3.8, 4) is 0 Å². The molecule has 7 heteroatoms. The Kier molecular flexibility index (Phi) is 4.50. The minimum atomic E-state index is -2.66. The molecule has 1 amide bonds. The average Bonchev–Trinajstić information content (AvgIpc) is 2.40. The number of hydrogen-bond donors (Lipinski definition) is 2. The fourth-order valence-electron chi connectivity index (χ4n) is 2.30. The lowest BCUT2D eigenvalue weighted by molar-refractivity contribution is -0.136. The number of halogens is 2. The Hall–Kier alpha value is -2.05. The van der Waals surface area contributed by atoms with Gasteiger partial charge in [0, 0.05) is 18.8 Å². The fraction of sp³-hybridized carbons (Fsp3) is 0.500. The van der Waals surface area contributed by atoms with Crippen LogP contribution < -0.4 is 5.32 Å². The Morgan fingerprint density at radius 3 is 2.52 bits per heavy atom. The molecule has 21 heavy (non-hydrogen) atoms. The number of rotatable bonds is 4. The molecule has 1 fully saturated rings. The lowest BCUT2D eigenvalue weighted by Crippen LogP contribution is -2.31. The lowest BCUT2D eigenvalue weighted by Gasteiger charge is -2.27. The van der Waals surface area contributed by atoms with E-state index in [9.17, 15) is 18.4 Å². The van der Waals surface area contributed by atoms with E-state index >= 15 is 0 Å². The number of hydrogen-bond acceptors (Lipinski definition) is 3. The third kappa shape index (κ3) is 4.47. The van der Waals surface area contributed by atoms with E-state index < -0.39 is 17.8 Å². The van der Waals surface area contributed by atoms with Gasteiger partial charge in [-0.25, -0.2) is 8.78 Å². The Morgan fingerprint density at radius 1 is 1.33 bits per heavy atom. The smallest absolute Gasteiger partial charge is 0.309 e. The first-order valence-corrected chi connectivity index (χ1v) is 6.71. The van der Waals surface area contributed by atoms with Gasteiger partial charge in [0.05, 0.1) is 24.0 Å². The maximum absolute atomic E-state index is 13.0. The number of carboxylic acids is 1. The zero-order chi connectivity index (χ0) is 15.5. The van der Waals surface area contributed by atoms with Gasteiger partial charge in [-0.1, -0.05) is 0 Å². The molecule has 0 spiro atoms. The molecular weight excluding hydrogens is 282 g/mol. The average molecular weight is 298 g/mol. The largest absolute Gasteiger partial charge is 0.481 e. The van der Waals surface area contributed by atoms with Gasteiger partial charge in [-0.15, -0.1) is 0 Å². The van der Waals surface area contributed by atoms with Crippen LogP contribution in [0.4, 0.5) is 14.5 Å². The zero-order valence-corrected chi connectivity index (χ0v) is 11.3. The molecule has 1 saturated carbocycles. The number of aliphatic carboxylic acids is 1. The number of anilines is 1. The first-order chi connectivity index (χ1) is 9.85. The van der Waals surface area contributed by atoms with Crippen molar-refractivity contribution >= 4 is 17.6 Å². The van der Waals surface area contributed by atoms with Gasteiger partial charge in [-0.05, 0) is 25.0 Å². The highest BCUT2D eigenvalue weighted by Crippen LogP contribution is 2.36. The number of pyridine rings is 1. The maximum Gasteiger partial charge on any atom is 0.309 e. The van der Waals surface area contributed by atoms with Crippen molar-refractivity contribution in [2.75, 3.05) is 5.32 Å². The second-order valence-corrected chi connectivity index (χ2v) is 5.23. The third-order valence-electron chi connectivity index (χ3n) is 3.51. The highest BCUT2D eigenvalue weighted by Gasteiger charge is 2.37. The summed E-state index contributed by atoms with van der Waals surface area (Å²) in [6, 6.07) is 3.07. The molecule has 0 saturated heterocycles. The summed E-state index contributed by atoms with van der Waals surface area (Å²) < 4.78 is 26.1. The molecule has 0 aromatic carbocycles. The summed E-state index contributed by atoms with van der Waals surface area (Å²) in [5.74, 6) is -4.35. The molecule has 1 aromatic rings. The van der Waals surface area contributed by atoms with Crippen molar-refractivity contribution in [2.45, 2.75) is 38.0 Å². The summed E-state index contributed by atoms with van der Waals surface area (Å²) in [5, 5.41) is 11.2. The van der Waals surface area contributed by atoms with Gasteiger partial charge in [0.1, 0.15) is 0 Å². The Bertz CT molecular complexity index is 522. The number of carboxylic acid groups (broad SMARTS) is 1. The minimum Gasteiger partial charge on any atom is -0.481 e. The van der Waals surface area contributed by atoms with Gasteiger partial charge in [-0.2, -0.15) is 0 Å². The van der Waals surface area contributed by atoms with E-state index in [0.717, 1.165) is 0 Å². The standard InChI is InChI=1S/C14H16F2N2O3/c15-14(16)5-3-9(4-6-14)13(21)18-11-2-1-10(17-8-11)7-12(19)20/h1-2,8-9H,3-7H2,(H,18,21)(H,19,20). The molecule has 2 rings (SSSR count). The molecule has 5 nitrogen and oxygen atoms in total. The molecule has 0 radical (unpaired) electrons. The predicted octanol–water partition coefficient (Wildman–Crippen LogP) is 2.47. The number of carbonyl (C=O) groups is 2. The predicted molar refractivity (Wildman–Crippen MR) is 71.1 cm³/mol. The summed E-state index contributed by atoms with van der Waals surface area (Å²) in [4.78, 5) is 26.4. The Morgan fingerprint density at radius 2 is 2.00 bits per heavy atom. The van der Waals surface area contributed by atoms with E-state index in [-0.39, 0.29) is 38.0 Å². The number of alkyl halides is 2. The van der Waals surface area contributed by atoms with E-state index in [2.05, 4.69) is 10.3 Å². The number of aromatic nitrogens is 1. The first-order valence-electron chi connectivity index (χ1n) is 6.71. The molecule has 1 heterocycles. The highest BCUT2D eigenvalue weighted by atomic mass is 19.3.